The fourth-order valence-corrected chi connectivity index (χ4v) is 2.16. The van der Waals surface area contributed by atoms with Gasteiger partial charge in [-0.15, -0.1) is 5.10 Å². The maximum atomic E-state index is 4.18. The first kappa shape index (κ1) is 11.6. The summed E-state index contributed by atoms with van der Waals surface area (Å²) in [4.78, 5) is 0. The third kappa shape index (κ3) is 2.61. The van der Waals surface area contributed by atoms with E-state index < -0.39 is 0 Å². The summed E-state index contributed by atoms with van der Waals surface area (Å²) in [7, 11) is 0. The molecular weight excluding hydrogens is 313 g/mol. The molecule has 84 valence electrons. The van der Waals surface area contributed by atoms with Crippen LogP contribution >= 0.6 is 22.6 Å². The molecular formula is C12H14IN3. The van der Waals surface area contributed by atoms with Crippen molar-refractivity contribution in [3.8, 4) is 5.69 Å². The van der Waals surface area contributed by atoms with Crippen LogP contribution in [0.3, 0.4) is 0 Å². The van der Waals surface area contributed by atoms with E-state index in [9.17, 15) is 0 Å². The zero-order valence-electron chi connectivity index (χ0n) is 9.23. The second-order valence-electron chi connectivity index (χ2n) is 3.71. The molecule has 0 saturated heterocycles. The van der Waals surface area contributed by atoms with Gasteiger partial charge in [-0.3, -0.25) is 0 Å². The molecule has 2 rings (SSSR count). The fraction of sp³-hybridized carbons (Fsp3) is 0.333. The van der Waals surface area contributed by atoms with Crippen LogP contribution in [0.5, 0.6) is 0 Å². The normalized spacial score (nSPS) is 10.6. The quantitative estimate of drug-likeness (QED) is 0.808. The van der Waals surface area contributed by atoms with Crippen molar-refractivity contribution in [3.05, 3.63) is 39.7 Å². The minimum absolute atomic E-state index is 1.01. The second-order valence-corrected chi connectivity index (χ2v) is 4.87. The molecule has 0 atom stereocenters. The molecule has 1 aromatic heterocycles. The van der Waals surface area contributed by atoms with Gasteiger partial charge < -0.3 is 0 Å². The first-order chi connectivity index (χ1) is 7.81. The first-order valence-corrected chi connectivity index (χ1v) is 6.55. The molecule has 0 spiro atoms. The number of hydrogen-bond acceptors (Lipinski definition) is 2. The van der Waals surface area contributed by atoms with Gasteiger partial charge in [0.2, 0.25) is 0 Å². The highest BCUT2D eigenvalue weighted by atomic mass is 127. The van der Waals surface area contributed by atoms with Gasteiger partial charge >= 0.3 is 0 Å². The lowest BCUT2D eigenvalue weighted by Gasteiger charge is -2.01. The van der Waals surface area contributed by atoms with Crippen molar-refractivity contribution in [2.24, 2.45) is 0 Å². The first-order valence-electron chi connectivity index (χ1n) is 5.47. The fourth-order valence-electron chi connectivity index (χ4n) is 1.53. The van der Waals surface area contributed by atoms with Gasteiger partial charge in [-0.1, -0.05) is 30.7 Å². The van der Waals surface area contributed by atoms with Crippen molar-refractivity contribution < 1.29 is 0 Å². The van der Waals surface area contributed by atoms with Crippen LogP contribution in [-0.2, 0) is 6.42 Å². The lowest BCUT2D eigenvalue weighted by Crippen LogP contribution is -1.97. The molecule has 0 saturated carbocycles. The Labute approximate surface area is 109 Å². The van der Waals surface area contributed by atoms with E-state index in [2.05, 4.69) is 52.0 Å². The van der Waals surface area contributed by atoms with E-state index in [0.29, 0.717) is 0 Å². The molecule has 3 nitrogen and oxygen atoms in total. The van der Waals surface area contributed by atoms with E-state index in [1.165, 1.54) is 16.4 Å². The van der Waals surface area contributed by atoms with E-state index in [1.807, 2.05) is 23.0 Å². The summed E-state index contributed by atoms with van der Waals surface area (Å²) >= 11 is 2.31. The van der Waals surface area contributed by atoms with E-state index >= 15 is 0 Å². The number of rotatable bonds is 4. The van der Waals surface area contributed by atoms with Gasteiger partial charge in [-0.25, -0.2) is 4.68 Å². The van der Waals surface area contributed by atoms with Crippen molar-refractivity contribution in [2.45, 2.75) is 26.2 Å². The van der Waals surface area contributed by atoms with Crippen LogP contribution in [0.4, 0.5) is 0 Å². The Balaban J connectivity index is 2.22. The summed E-state index contributed by atoms with van der Waals surface area (Å²) < 4.78 is 3.04. The highest BCUT2D eigenvalue weighted by Crippen LogP contribution is 2.15. The Morgan fingerprint density at radius 3 is 2.88 bits per heavy atom. The number of hydrogen-bond donors (Lipinski definition) is 0. The predicted molar refractivity (Wildman–Crippen MR) is 72.7 cm³/mol. The summed E-state index contributed by atoms with van der Waals surface area (Å²) in [5.41, 5.74) is 2.17. The molecule has 0 aliphatic rings. The molecule has 0 radical (unpaired) electrons. The summed E-state index contributed by atoms with van der Waals surface area (Å²) in [5, 5.41) is 8.34. The van der Waals surface area contributed by atoms with Crippen LogP contribution in [0, 0.1) is 3.57 Å². The predicted octanol–water partition coefficient (Wildman–Crippen LogP) is 3.21. The number of unbranched alkanes of at least 4 members (excludes halogenated alkanes) is 1. The minimum Gasteiger partial charge on any atom is -0.219 e. The Morgan fingerprint density at radius 1 is 1.31 bits per heavy atom. The maximum absolute atomic E-state index is 4.18. The SMILES string of the molecule is CCCCc1cn(-c2ccccc2I)nn1. The van der Waals surface area contributed by atoms with Crippen LogP contribution in [0.2, 0.25) is 0 Å². The topological polar surface area (TPSA) is 30.7 Å². The average Bonchev–Trinajstić information content (AvgIpc) is 2.75. The third-order valence-electron chi connectivity index (χ3n) is 2.43. The molecule has 1 aromatic carbocycles. The standard InChI is InChI=1S/C12H14IN3/c1-2-3-6-10-9-16(15-14-10)12-8-5-4-7-11(12)13/h4-5,7-9H,2-3,6H2,1H3. The number of aryl methyl sites for hydroxylation is 1. The lowest BCUT2D eigenvalue weighted by atomic mass is 10.2. The van der Waals surface area contributed by atoms with Gasteiger partial charge in [-0.05, 0) is 47.6 Å². The monoisotopic (exact) mass is 327 g/mol. The van der Waals surface area contributed by atoms with Crippen LogP contribution < -0.4 is 0 Å². The second kappa shape index (κ2) is 5.43. The summed E-state index contributed by atoms with van der Waals surface area (Å²) in [6.45, 7) is 2.19. The Bertz CT molecular complexity index is 465. The molecule has 2 aromatic rings. The number of para-hydroxylation sites is 1. The molecule has 0 amide bonds. The minimum atomic E-state index is 1.01. The summed E-state index contributed by atoms with van der Waals surface area (Å²) in [5.74, 6) is 0. The Kier molecular flexibility index (Phi) is 3.93. The largest absolute Gasteiger partial charge is 0.219 e. The third-order valence-corrected chi connectivity index (χ3v) is 3.34. The lowest BCUT2D eigenvalue weighted by molar-refractivity contribution is 0.760. The van der Waals surface area contributed by atoms with Gasteiger partial charge in [0, 0.05) is 3.57 Å². The highest BCUT2D eigenvalue weighted by Gasteiger charge is 2.04. The van der Waals surface area contributed by atoms with Gasteiger partial charge in [-0.2, -0.15) is 0 Å². The molecule has 4 heteroatoms. The molecule has 0 unspecified atom stereocenters. The number of nitrogens with zero attached hydrogens (tertiary/aromatic N) is 3. The van der Waals surface area contributed by atoms with Crippen LogP contribution in [0.25, 0.3) is 5.69 Å². The highest BCUT2D eigenvalue weighted by molar-refractivity contribution is 14.1. The van der Waals surface area contributed by atoms with E-state index in [1.54, 1.807) is 0 Å². The average molecular weight is 327 g/mol. The van der Waals surface area contributed by atoms with Gasteiger partial charge in [0.1, 0.15) is 0 Å². The van der Waals surface area contributed by atoms with Gasteiger partial charge in [0.25, 0.3) is 0 Å². The molecule has 0 N–H and O–H groups in total. The van der Waals surface area contributed by atoms with Crippen LogP contribution in [0.1, 0.15) is 25.5 Å². The molecule has 0 fully saturated rings. The van der Waals surface area contributed by atoms with Gasteiger partial charge in [0.05, 0.1) is 17.6 Å². The number of benzene rings is 1. The molecule has 0 aliphatic heterocycles. The van der Waals surface area contributed by atoms with Crippen LogP contribution in [0.15, 0.2) is 30.5 Å². The van der Waals surface area contributed by atoms with Crippen molar-refractivity contribution in [1.82, 2.24) is 15.0 Å². The maximum Gasteiger partial charge on any atom is 0.0831 e. The number of halogens is 1. The Morgan fingerprint density at radius 2 is 2.12 bits per heavy atom. The van der Waals surface area contributed by atoms with Crippen molar-refractivity contribution in [3.63, 3.8) is 0 Å². The van der Waals surface area contributed by atoms with Crippen molar-refractivity contribution in [1.29, 1.82) is 0 Å². The molecule has 16 heavy (non-hydrogen) atoms. The summed E-state index contributed by atoms with van der Waals surface area (Å²) in [6, 6.07) is 8.18. The van der Waals surface area contributed by atoms with Crippen molar-refractivity contribution in [2.75, 3.05) is 0 Å². The smallest absolute Gasteiger partial charge is 0.0831 e. The van der Waals surface area contributed by atoms with Crippen LogP contribution in [-0.4, -0.2) is 15.0 Å². The van der Waals surface area contributed by atoms with Crippen molar-refractivity contribution >= 4 is 22.6 Å². The Hall–Kier alpha value is -0.910. The van der Waals surface area contributed by atoms with E-state index in [-0.39, 0.29) is 0 Å². The zero-order chi connectivity index (χ0) is 11.4. The van der Waals surface area contributed by atoms with Gasteiger partial charge in [0.15, 0.2) is 0 Å². The van der Waals surface area contributed by atoms with E-state index in [0.717, 1.165) is 17.8 Å². The number of aromatic nitrogens is 3. The molecule has 0 aliphatic carbocycles. The molecule has 1 heterocycles. The summed E-state index contributed by atoms with van der Waals surface area (Å²) in [6.07, 6.45) is 5.40. The zero-order valence-corrected chi connectivity index (χ0v) is 11.4. The molecule has 0 bridgehead atoms. The van der Waals surface area contributed by atoms with E-state index in [4.69, 9.17) is 0 Å².